The predicted octanol–water partition coefficient (Wildman–Crippen LogP) is 3.43. The summed E-state index contributed by atoms with van der Waals surface area (Å²) in [5.74, 6) is 1.70. The smallest absolute Gasteiger partial charge is 0.163 e. The summed E-state index contributed by atoms with van der Waals surface area (Å²) in [6.07, 6.45) is 15.9. The van der Waals surface area contributed by atoms with Crippen LogP contribution in [0.15, 0.2) is 47.2 Å². The van der Waals surface area contributed by atoms with E-state index in [1.54, 1.807) is 6.26 Å². The quantitative estimate of drug-likeness (QED) is 0.720. The zero-order valence-electron chi connectivity index (χ0n) is 15.9. The number of ether oxygens (including phenoxy) is 1. The van der Waals surface area contributed by atoms with Crippen molar-refractivity contribution < 1.29 is 9.84 Å². The number of fused-ring (bicyclic) bond motifs is 1. The molecule has 4 rings (SSSR count). The molecule has 5 nitrogen and oxygen atoms in total. The van der Waals surface area contributed by atoms with Gasteiger partial charge in [0.25, 0.3) is 0 Å². The van der Waals surface area contributed by atoms with Crippen molar-refractivity contribution >= 4 is 0 Å². The van der Waals surface area contributed by atoms with Gasteiger partial charge in [-0.2, -0.15) is 0 Å². The van der Waals surface area contributed by atoms with Crippen LogP contribution in [-0.4, -0.2) is 28.4 Å². The summed E-state index contributed by atoms with van der Waals surface area (Å²) in [6, 6.07) is 0. The summed E-state index contributed by atoms with van der Waals surface area (Å²) >= 11 is 0. The van der Waals surface area contributed by atoms with Gasteiger partial charge in [-0.1, -0.05) is 38.2 Å². The summed E-state index contributed by atoms with van der Waals surface area (Å²) in [6.45, 7) is 4.98. The monoisotopic (exact) mass is 357 g/mol. The van der Waals surface area contributed by atoms with Crippen LogP contribution in [0.4, 0.5) is 0 Å². The lowest BCUT2D eigenvalue weighted by atomic mass is 9.87. The molecule has 0 saturated heterocycles. The highest BCUT2D eigenvalue weighted by atomic mass is 16.5. The lowest BCUT2D eigenvalue weighted by molar-refractivity contribution is -0.0700. The maximum absolute atomic E-state index is 10.9. The molecule has 0 aromatic rings. The van der Waals surface area contributed by atoms with Crippen LogP contribution in [0.25, 0.3) is 0 Å². The first-order valence-corrected chi connectivity index (χ1v) is 10.0. The summed E-state index contributed by atoms with van der Waals surface area (Å²) in [7, 11) is 0. The SMILES string of the molecule is CC1(C)NC2=C(C=C3OC=CC=C3C2)N(NCCC2CCCCC2)C1O. The number of allylic oxidation sites excluding steroid dienone is 5. The second-order valence-electron chi connectivity index (χ2n) is 8.48. The minimum absolute atomic E-state index is 0.423. The molecule has 4 aliphatic rings. The molecule has 0 spiro atoms. The molecule has 1 saturated carbocycles. The third-order valence-electron chi connectivity index (χ3n) is 6.01. The molecule has 2 aliphatic carbocycles. The number of rotatable bonds is 4. The van der Waals surface area contributed by atoms with Crippen molar-refractivity contribution in [1.29, 1.82) is 0 Å². The van der Waals surface area contributed by atoms with E-state index in [-0.39, 0.29) is 0 Å². The van der Waals surface area contributed by atoms with Crippen molar-refractivity contribution in [1.82, 2.24) is 15.8 Å². The van der Waals surface area contributed by atoms with Gasteiger partial charge in [-0.3, -0.25) is 5.01 Å². The van der Waals surface area contributed by atoms with Gasteiger partial charge in [0.1, 0.15) is 5.76 Å². The van der Waals surface area contributed by atoms with E-state index in [4.69, 9.17) is 4.74 Å². The topological polar surface area (TPSA) is 56.8 Å². The van der Waals surface area contributed by atoms with E-state index >= 15 is 0 Å². The van der Waals surface area contributed by atoms with Gasteiger partial charge >= 0.3 is 0 Å². The van der Waals surface area contributed by atoms with Gasteiger partial charge in [0, 0.05) is 30.3 Å². The molecular formula is C21H31N3O2. The Hall–Kier alpha value is -1.72. The minimum atomic E-state index is -0.644. The highest BCUT2D eigenvalue weighted by Gasteiger charge is 2.41. The van der Waals surface area contributed by atoms with Crippen LogP contribution >= 0.6 is 0 Å². The van der Waals surface area contributed by atoms with Crippen LogP contribution in [0.2, 0.25) is 0 Å². The Morgan fingerprint density at radius 3 is 2.92 bits per heavy atom. The summed E-state index contributed by atoms with van der Waals surface area (Å²) < 4.78 is 5.68. The van der Waals surface area contributed by atoms with Crippen LogP contribution in [0.3, 0.4) is 0 Å². The Labute approximate surface area is 156 Å². The van der Waals surface area contributed by atoms with Gasteiger partial charge in [-0.05, 0) is 32.3 Å². The van der Waals surface area contributed by atoms with Crippen molar-refractivity contribution in [3.63, 3.8) is 0 Å². The predicted molar refractivity (Wildman–Crippen MR) is 102 cm³/mol. The fourth-order valence-electron chi connectivity index (χ4n) is 4.46. The van der Waals surface area contributed by atoms with Crippen LogP contribution in [0, 0.1) is 5.92 Å². The Kier molecular flexibility index (Phi) is 4.84. The highest BCUT2D eigenvalue weighted by molar-refractivity contribution is 5.47. The van der Waals surface area contributed by atoms with Crippen molar-refractivity contribution in [2.75, 3.05) is 6.54 Å². The average Bonchev–Trinajstić information content (AvgIpc) is 2.64. The van der Waals surface area contributed by atoms with E-state index in [0.717, 1.165) is 36.0 Å². The second-order valence-corrected chi connectivity index (χ2v) is 8.48. The fraction of sp³-hybridized carbons (Fsp3) is 0.619. The van der Waals surface area contributed by atoms with Crippen molar-refractivity contribution in [3.05, 3.63) is 47.2 Å². The molecule has 26 heavy (non-hydrogen) atoms. The van der Waals surface area contributed by atoms with Crippen molar-refractivity contribution in [2.45, 2.75) is 70.6 Å². The molecule has 1 fully saturated rings. The summed E-state index contributed by atoms with van der Waals surface area (Å²) in [5, 5.41) is 16.4. The number of nitrogens with zero attached hydrogens (tertiary/aromatic N) is 1. The zero-order valence-corrected chi connectivity index (χ0v) is 15.9. The van der Waals surface area contributed by atoms with E-state index in [1.807, 2.05) is 31.0 Å². The standard InChI is InChI=1S/C21H31N3O2/c1-21(2)20(25)24(22-11-10-15-7-4-3-5-8-15)18-14-19-16(9-6-12-26-19)13-17(18)23-21/h6,9,12,14-15,20,22-23,25H,3-5,7-8,10-11,13H2,1-2H3. The fourth-order valence-corrected chi connectivity index (χ4v) is 4.46. The molecule has 1 unspecified atom stereocenters. The summed E-state index contributed by atoms with van der Waals surface area (Å²) in [4.78, 5) is 0. The first-order chi connectivity index (χ1) is 12.5. The van der Waals surface area contributed by atoms with E-state index in [0.29, 0.717) is 0 Å². The van der Waals surface area contributed by atoms with Crippen molar-refractivity contribution in [3.8, 4) is 0 Å². The molecule has 2 aliphatic heterocycles. The molecule has 1 atom stereocenters. The Bertz CT molecular complexity index is 669. The van der Waals surface area contributed by atoms with Crippen LogP contribution < -0.4 is 10.7 Å². The van der Waals surface area contributed by atoms with Crippen LogP contribution in [-0.2, 0) is 4.74 Å². The highest BCUT2D eigenvalue weighted by Crippen LogP contribution is 2.37. The van der Waals surface area contributed by atoms with E-state index in [2.05, 4.69) is 16.8 Å². The molecule has 0 aromatic heterocycles. The maximum atomic E-state index is 10.9. The molecular weight excluding hydrogens is 326 g/mol. The number of nitrogens with one attached hydrogen (secondary N) is 2. The number of aliphatic hydroxyl groups is 1. The Balaban J connectivity index is 1.50. The third-order valence-corrected chi connectivity index (χ3v) is 6.01. The Morgan fingerprint density at radius 2 is 2.12 bits per heavy atom. The normalized spacial score (nSPS) is 27.8. The summed E-state index contributed by atoms with van der Waals surface area (Å²) in [5.41, 5.74) is 6.40. The lowest BCUT2D eigenvalue weighted by Crippen LogP contribution is -2.64. The molecule has 0 bridgehead atoms. The number of hydrazine groups is 1. The first-order valence-electron chi connectivity index (χ1n) is 10.0. The zero-order chi connectivity index (χ0) is 18.1. The molecule has 3 N–H and O–H groups in total. The Morgan fingerprint density at radius 1 is 1.31 bits per heavy atom. The maximum Gasteiger partial charge on any atom is 0.163 e. The van der Waals surface area contributed by atoms with Gasteiger partial charge in [-0.25, -0.2) is 5.43 Å². The average molecular weight is 357 g/mol. The van der Waals surface area contributed by atoms with Gasteiger partial charge in [0.2, 0.25) is 0 Å². The largest absolute Gasteiger partial charge is 0.465 e. The van der Waals surface area contributed by atoms with Gasteiger partial charge in [0.05, 0.1) is 17.5 Å². The molecule has 0 aromatic carbocycles. The van der Waals surface area contributed by atoms with Gasteiger partial charge in [-0.15, -0.1) is 0 Å². The number of aliphatic hydroxyl groups excluding tert-OH is 1. The van der Waals surface area contributed by atoms with Crippen molar-refractivity contribution in [2.24, 2.45) is 5.92 Å². The molecule has 0 radical (unpaired) electrons. The number of hydrogen-bond donors (Lipinski definition) is 3. The van der Waals surface area contributed by atoms with Crippen LogP contribution in [0.5, 0.6) is 0 Å². The molecule has 142 valence electrons. The van der Waals surface area contributed by atoms with Gasteiger partial charge < -0.3 is 15.2 Å². The van der Waals surface area contributed by atoms with E-state index in [1.165, 1.54) is 44.1 Å². The second kappa shape index (κ2) is 7.12. The molecule has 2 heterocycles. The first kappa shape index (κ1) is 17.7. The lowest BCUT2D eigenvalue weighted by Gasteiger charge is -2.48. The molecule has 0 amide bonds. The van der Waals surface area contributed by atoms with E-state index < -0.39 is 11.8 Å². The third kappa shape index (κ3) is 3.42. The van der Waals surface area contributed by atoms with E-state index in [9.17, 15) is 5.11 Å². The minimum Gasteiger partial charge on any atom is -0.465 e. The van der Waals surface area contributed by atoms with Gasteiger partial charge in [0.15, 0.2) is 6.23 Å². The number of hydrogen-bond acceptors (Lipinski definition) is 5. The van der Waals surface area contributed by atoms with Crippen LogP contribution in [0.1, 0.15) is 58.8 Å². The molecule has 5 heteroatoms.